The normalized spacial score (nSPS) is 15.3. The number of imide groups is 1. The Labute approximate surface area is 94.4 Å². The molecule has 0 bridgehead atoms. The van der Waals surface area contributed by atoms with Gasteiger partial charge in [-0.2, -0.15) is 0 Å². The fourth-order valence-electron chi connectivity index (χ4n) is 1.63. The largest absolute Gasteiger partial charge is 0.269 e. The van der Waals surface area contributed by atoms with Crippen molar-refractivity contribution in [3.05, 3.63) is 48.9 Å². The van der Waals surface area contributed by atoms with Gasteiger partial charge in [-0.1, -0.05) is 19.1 Å². The molecule has 3 heteroatoms. The van der Waals surface area contributed by atoms with Crippen LogP contribution in [0.4, 0.5) is 5.69 Å². The second kappa shape index (κ2) is 3.93. The second-order valence-corrected chi connectivity index (χ2v) is 3.84. The number of anilines is 1. The fourth-order valence-corrected chi connectivity index (χ4v) is 1.63. The first-order valence-corrected chi connectivity index (χ1v) is 5.09. The van der Waals surface area contributed by atoms with Gasteiger partial charge in [0.1, 0.15) is 0 Å². The molecule has 1 radical (unpaired) electrons. The van der Waals surface area contributed by atoms with Crippen LogP contribution in [0.3, 0.4) is 0 Å². The molecule has 2 rings (SSSR count). The fraction of sp³-hybridized carbons (Fsp3) is 0.154. The summed E-state index contributed by atoms with van der Waals surface area (Å²) in [6, 6.07) is 7.32. The van der Waals surface area contributed by atoms with E-state index in [0.717, 1.165) is 10.5 Å². The Morgan fingerprint density at radius 1 is 1.19 bits per heavy atom. The summed E-state index contributed by atoms with van der Waals surface area (Å²) in [6.45, 7) is 5.87. The van der Waals surface area contributed by atoms with Crippen LogP contribution >= 0.6 is 0 Å². The van der Waals surface area contributed by atoms with E-state index in [0.29, 0.717) is 5.69 Å². The van der Waals surface area contributed by atoms with Crippen LogP contribution < -0.4 is 4.90 Å². The maximum absolute atomic E-state index is 11.5. The highest BCUT2D eigenvalue weighted by atomic mass is 16.2. The quantitative estimate of drug-likeness (QED) is 0.706. The number of benzene rings is 1. The van der Waals surface area contributed by atoms with Crippen molar-refractivity contribution in [3.8, 4) is 0 Å². The number of carbonyl (C=O) groups is 2. The number of amides is 2. The molecule has 1 aliphatic rings. The molecule has 0 N–H and O–H groups in total. The van der Waals surface area contributed by atoms with E-state index in [1.54, 1.807) is 6.07 Å². The topological polar surface area (TPSA) is 37.4 Å². The predicted molar refractivity (Wildman–Crippen MR) is 61.8 cm³/mol. The van der Waals surface area contributed by atoms with Crippen molar-refractivity contribution >= 4 is 17.5 Å². The highest BCUT2D eigenvalue weighted by Gasteiger charge is 2.25. The Kier molecular flexibility index (Phi) is 2.60. The van der Waals surface area contributed by atoms with Crippen molar-refractivity contribution in [3.63, 3.8) is 0 Å². The molecule has 1 atom stereocenters. The molecule has 0 fully saturated rings. The summed E-state index contributed by atoms with van der Waals surface area (Å²) in [5.41, 5.74) is 1.61. The number of rotatable bonds is 2. The van der Waals surface area contributed by atoms with Crippen LogP contribution in [0.15, 0.2) is 36.4 Å². The van der Waals surface area contributed by atoms with E-state index >= 15 is 0 Å². The zero-order valence-electron chi connectivity index (χ0n) is 9.01. The van der Waals surface area contributed by atoms with Gasteiger partial charge in [-0.05, 0) is 30.5 Å². The lowest BCUT2D eigenvalue weighted by Gasteiger charge is -2.15. The molecule has 1 aromatic rings. The molecule has 0 saturated carbocycles. The van der Waals surface area contributed by atoms with E-state index in [-0.39, 0.29) is 17.7 Å². The second-order valence-electron chi connectivity index (χ2n) is 3.84. The lowest BCUT2D eigenvalue weighted by atomic mass is 10.0. The number of hydrogen-bond donors (Lipinski definition) is 0. The summed E-state index contributed by atoms with van der Waals surface area (Å²) in [5, 5.41) is 0. The third-order valence-corrected chi connectivity index (χ3v) is 2.51. The molecular weight excluding hydrogens is 202 g/mol. The van der Waals surface area contributed by atoms with Gasteiger partial charge >= 0.3 is 0 Å². The lowest BCUT2D eigenvalue weighted by Crippen LogP contribution is -2.29. The van der Waals surface area contributed by atoms with Gasteiger partial charge in [0.05, 0.1) is 5.69 Å². The van der Waals surface area contributed by atoms with Crippen molar-refractivity contribution < 1.29 is 9.59 Å². The number of carbonyl (C=O) groups excluding carboxylic acids is 2. The summed E-state index contributed by atoms with van der Waals surface area (Å²) in [4.78, 5) is 24.1. The van der Waals surface area contributed by atoms with Crippen LogP contribution in [0.25, 0.3) is 0 Å². The molecule has 0 aromatic heterocycles. The van der Waals surface area contributed by atoms with Gasteiger partial charge in [-0.3, -0.25) is 9.59 Å². The molecule has 16 heavy (non-hydrogen) atoms. The van der Waals surface area contributed by atoms with Gasteiger partial charge in [0, 0.05) is 12.2 Å². The molecule has 0 aliphatic carbocycles. The molecule has 2 amide bonds. The highest BCUT2D eigenvalue weighted by Crippen LogP contribution is 2.23. The minimum absolute atomic E-state index is 0.126. The summed E-state index contributed by atoms with van der Waals surface area (Å²) in [6.07, 6.45) is 2.56. The lowest BCUT2D eigenvalue weighted by molar-refractivity contribution is -0.119. The molecule has 81 valence electrons. The predicted octanol–water partition coefficient (Wildman–Crippen LogP) is 2.05. The first-order chi connectivity index (χ1) is 7.59. The molecule has 0 spiro atoms. The van der Waals surface area contributed by atoms with Crippen LogP contribution in [-0.4, -0.2) is 11.8 Å². The maximum Gasteiger partial charge on any atom is 0.258 e. The Hall–Kier alpha value is -1.90. The van der Waals surface area contributed by atoms with E-state index < -0.39 is 0 Å². The Balaban J connectivity index is 2.38. The maximum atomic E-state index is 11.5. The smallest absolute Gasteiger partial charge is 0.258 e. The Bertz CT molecular complexity index is 457. The van der Waals surface area contributed by atoms with Gasteiger partial charge in [0.2, 0.25) is 0 Å². The zero-order chi connectivity index (χ0) is 11.7. The third-order valence-electron chi connectivity index (χ3n) is 2.51. The highest BCUT2D eigenvalue weighted by molar-refractivity contribution is 6.28. The van der Waals surface area contributed by atoms with Gasteiger partial charge in [0.15, 0.2) is 0 Å². The zero-order valence-corrected chi connectivity index (χ0v) is 9.01. The van der Waals surface area contributed by atoms with Gasteiger partial charge in [-0.25, -0.2) is 4.90 Å². The summed E-state index contributed by atoms with van der Waals surface area (Å²) in [5.74, 6) is -0.460. The molecule has 1 unspecified atom stereocenters. The first-order valence-electron chi connectivity index (χ1n) is 5.09. The summed E-state index contributed by atoms with van der Waals surface area (Å²) >= 11 is 0. The van der Waals surface area contributed by atoms with Crippen molar-refractivity contribution in [1.29, 1.82) is 0 Å². The van der Waals surface area contributed by atoms with Gasteiger partial charge in [0.25, 0.3) is 11.8 Å². The summed E-state index contributed by atoms with van der Waals surface area (Å²) < 4.78 is 0. The van der Waals surface area contributed by atoms with Crippen molar-refractivity contribution in [2.75, 3.05) is 4.90 Å². The van der Waals surface area contributed by atoms with Crippen molar-refractivity contribution in [2.24, 2.45) is 0 Å². The number of nitrogens with zero attached hydrogens (tertiary/aromatic N) is 1. The van der Waals surface area contributed by atoms with E-state index in [1.807, 2.05) is 25.1 Å². The average molecular weight is 214 g/mol. The molecule has 1 heterocycles. The molecule has 0 saturated heterocycles. The Morgan fingerprint density at radius 3 is 2.38 bits per heavy atom. The minimum Gasteiger partial charge on any atom is -0.269 e. The standard InChI is InChI=1S/C13H12NO2/c1-9(2)10-4-3-5-11(8-10)14-12(15)6-7-13(14)16/h3-9H,1H2,2H3. The van der Waals surface area contributed by atoms with Crippen molar-refractivity contribution in [1.82, 2.24) is 0 Å². The van der Waals surface area contributed by atoms with Crippen LogP contribution in [0.2, 0.25) is 0 Å². The molecule has 1 aliphatic heterocycles. The van der Waals surface area contributed by atoms with E-state index in [2.05, 4.69) is 6.92 Å². The van der Waals surface area contributed by atoms with E-state index in [4.69, 9.17) is 0 Å². The van der Waals surface area contributed by atoms with E-state index in [9.17, 15) is 9.59 Å². The van der Waals surface area contributed by atoms with Crippen LogP contribution in [0, 0.1) is 6.92 Å². The third kappa shape index (κ3) is 1.76. The van der Waals surface area contributed by atoms with Crippen LogP contribution in [0.1, 0.15) is 18.4 Å². The average Bonchev–Trinajstić information content (AvgIpc) is 2.59. The number of hydrogen-bond acceptors (Lipinski definition) is 2. The molecular formula is C13H12NO2. The molecule has 3 nitrogen and oxygen atoms in total. The van der Waals surface area contributed by atoms with Crippen LogP contribution in [-0.2, 0) is 9.59 Å². The summed E-state index contributed by atoms with van der Waals surface area (Å²) in [7, 11) is 0. The first kappa shape index (κ1) is 10.6. The van der Waals surface area contributed by atoms with Gasteiger partial charge in [-0.15, -0.1) is 0 Å². The minimum atomic E-state index is -0.293. The van der Waals surface area contributed by atoms with E-state index in [1.165, 1.54) is 12.2 Å². The molecule has 1 aromatic carbocycles. The Morgan fingerprint density at radius 2 is 1.81 bits per heavy atom. The van der Waals surface area contributed by atoms with Crippen molar-refractivity contribution in [2.45, 2.75) is 12.8 Å². The van der Waals surface area contributed by atoms with Gasteiger partial charge < -0.3 is 0 Å². The SMILES string of the molecule is [CH2]C(C)c1cccc(N2C(=O)C=CC2=O)c1. The van der Waals surface area contributed by atoms with Crippen LogP contribution in [0.5, 0.6) is 0 Å². The monoisotopic (exact) mass is 214 g/mol.